The molecule has 90 valence electrons. The Hall–Kier alpha value is -0.690. The van der Waals surface area contributed by atoms with E-state index in [2.05, 4.69) is 21.2 Å². The number of thiophene rings is 2. The van der Waals surface area contributed by atoms with Crippen LogP contribution in [0, 0.1) is 0 Å². The predicted octanol–water partition coefficient (Wildman–Crippen LogP) is 3.04. The number of amides is 1. The van der Waals surface area contributed by atoms with Gasteiger partial charge in [-0.25, -0.2) is 0 Å². The van der Waals surface area contributed by atoms with Gasteiger partial charge in [0.15, 0.2) is 0 Å². The third-order valence-corrected chi connectivity index (χ3v) is 4.78. The second-order valence-corrected chi connectivity index (χ2v) is 6.18. The van der Waals surface area contributed by atoms with Crippen LogP contribution in [0.25, 0.3) is 0 Å². The van der Waals surface area contributed by atoms with Gasteiger partial charge in [0, 0.05) is 21.3 Å². The first-order chi connectivity index (χ1) is 8.16. The van der Waals surface area contributed by atoms with E-state index in [0.717, 1.165) is 9.35 Å². The molecular weight excluding hydrogens is 322 g/mol. The van der Waals surface area contributed by atoms with Gasteiger partial charge in [-0.15, -0.1) is 22.7 Å². The van der Waals surface area contributed by atoms with Crippen molar-refractivity contribution in [2.24, 2.45) is 0 Å². The zero-order valence-corrected chi connectivity index (χ0v) is 11.9. The molecule has 0 unspecified atom stereocenters. The minimum absolute atomic E-state index is 0.156. The molecule has 0 aliphatic heterocycles. The highest BCUT2D eigenvalue weighted by Crippen LogP contribution is 2.20. The summed E-state index contributed by atoms with van der Waals surface area (Å²) in [5.41, 5.74) is 0. The quantitative estimate of drug-likeness (QED) is 0.904. The number of rotatable bonds is 4. The zero-order valence-electron chi connectivity index (χ0n) is 8.72. The molecule has 1 amide bonds. The molecule has 2 aromatic rings. The number of carbonyl (C=O) groups excluding carboxylic acids is 1. The lowest BCUT2D eigenvalue weighted by molar-refractivity contribution is 0.0922. The van der Waals surface area contributed by atoms with E-state index in [0.29, 0.717) is 4.88 Å². The molecule has 2 N–H and O–H groups in total. The van der Waals surface area contributed by atoms with Gasteiger partial charge in [0.2, 0.25) is 0 Å². The van der Waals surface area contributed by atoms with Crippen LogP contribution in [0.15, 0.2) is 33.4 Å². The maximum absolute atomic E-state index is 11.7. The molecule has 2 heterocycles. The fraction of sp³-hybridized carbons (Fsp3) is 0.182. The van der Waals surface area contributed by atoms with Crippen LogP contribution in [0.1, 0.15) is 20.7 Å². The van der Waals surface area contributed by atoms with Crippen molar-refractivity contribution in [3.8, 4) is 0 Å². The summed E-state index contributed by atoms with van der Waals surface area (Å²) in [5, 5.41) is 16.3. The number of hydrogen-bond donors (Lipinski definition) is 2. The van der Waals surface area contributed by atoms with E-state index in [-0.39, 0.29) is 12.5 Å². The van der Waals surface area contributed by atoms with Crippen LogP contribution in [-0.4, -0.2) is 17.6 Å². The Morgan fingerprint density at radius 3 is 2.94 bits per heavy atom. The molecule has 1 atom stereocenters. The third kappa shape index (κ3) is 3.38. The van der Waals surface area contributed by atoms with E-state index in [9.17, 15) is 9.90 Å². The topological polar surface area (TPSA) is 49.3 Å². The van der Waals surface area contributed by atoms with Crippen molar-refractivity contribution in [3.63, 3.8) is 0 Å². The zero-order chi connectivity index (χ0) is 12.3. The van der Waals surface area contributed by atoms with E-state index in [4.69, 9.17) is 0 Å². The van der Waals surface area contributed by atoms with Gasteiger partial charge in [-0.05, 0) is 33.4 Å². The van der Waals surface area contributed by atoms with Crippen LogP contribution in [0.2, 0.25) is 0 Å². The van der Waals surface area contributed by atoms with Crippen molar-refractivity contribution in [1.29, 1.82) is 0 Å². The smallest absolute Gasteiger partial charge is 0.261 e. The Bertz CT molecular complexity index is 495. The number of aliphatic hydroxyl groups is 1. The van der Waals surface area contributed by atoms with Gasteiger partial charge in [-0.3, -0.25) is 4.79 Å². The van der Waals surface area contributed by atoms with Crippen molar-refractivity contribution < 1.29 is 9.90 Å². The first kappa shape index (κ1) is 12.8. The first-order valence-electron chi connectivity index (χ1n) is 4.90. The summed E-state index contributed by atoms with van der Waals surface area (Å²) in [6, 6.07) is 5.49. The minimum Gasteiger partial charge on any atom is -0.386 e. The molecule has 6 heteroatoms. The molecular formula is C11H10BrNO2S2. The molecule has 0 saturated carbocycles. The highest BCUT2D eigenvalue weighted by molar-refractivity contribution is 9.10. The largest absolute Gasteiger partial charge is 0.386 e. The Morgan fingerprint density at radius 2 is 2.35 bits per heavy atom. The molecule has 0 bridgehead atoms. The fourth-order valence-corrected chi connectivity index (χ4v) is 3.34. The monoisotopic (exact) mass is 331 g/mol. The molecule has 3 nitrogen and oxygen atoms in total. The highest BCUT2D eigenvalue weighted by atomic mass is 79.9. The summed E-state index contributed by atoms with van der Waals surface area (Å²) in [6.45, 7) is 0.231. The lowest BCUT2D eigenvalue weighted by Gasteiger charge is -2.09. The van der Waals surface area contributed by atoms with Gasteiger partial charge in [-0.2, -0.15) is 0 Å². The lowest BCUT2D eigenvalue weighted by Crippen LogP contribution is -2.27. The average Bonchev–Trinajstić information content (AvgIpc) is 2.95. The summed E-state index contributed by atoms with van der Waals surface area (Å²) in [5.74, 6) is -0.156. The van der Waals surface area contributed by atoms with Gasteiger partial charge in [0.25, 0.3) is 5.91 Å². The van der Waals surface area contributed by atoms with Gasteiger partial charge in [0.1, 0.15) is 6.10 Å². The van der Waals surface area contributed by atoms with Crippen LogP contribution in [0.5, 0.6) is 0 Å². The number of nitrogens with one attached hydrogen (secondary N) is 1. The maximum atomic E-state index is 11.7. The molecule has 0 aromatic carbocycles. The van der Waals surface area contributed by atoms with E-state index >= 15 is 0 Å². The van der Waals surface area contributed by atoms with Crippen LogP contribution < -0.4 is 5.32 Å². The molecule has 0 fully saturated rings. The summed E-state index contributed by atoms with van der Waals surface area (Å²) < 4.78 is 0.895. The second-order valence-electron chi connectivity index (χ2n) is 3.37. The molecule has 0 aliphatic carbocycles. The fourth-order valence-electron chi connectivity index (χ4n) is 1.29. The van der Waals surface area contributed by atoms with E-state index in [1.54, 1.807) is 6.07 Å². The standard InChI is InChI=1S/C11H10BrNO2S2/c12-7-4-10(17-6-7)11(15)13-5-8(14)9-2-1-3-16-9/h1-4,6,8,14H,5H2,(H,13,15)/t8-/m1/s1. The molecule has 2 aromatic heterocycles. The summed E-state index contributed by atoms with van der Waals surface area (Å²) in [6.07, 6.45) is -0.637. The van der Waals surface area contributed by atoms with Crippen molar-refractivity contribution in [3.05, 3.63) is 43.2 Å². The molecule has 0 saturated heterocycles. The van der Waals surface area contributed by atoms with E-state index in [1.165, 1.54) is 22.7 Å². The maximum Gasteiger partial charge on any atom is 0.261 e. The van der Waals surface area contributed by atoms with E-state index < -0.39 is 6.10 Å². The van der Waals surface area contributed by atoms with Crippen molar-refractivity contribution in [2.75, 3.05) is 6.54 Å². The van der Waals surface area contributed by atoms with Gasteiger partial charge in [-0.1, -0.05) is 6.07 Å². The van der Waals surface area contributed by atoms with E-state index in [1.807, 2.05) is 22.9 Å². The van der Waals surface area contributed by atoms with Crippen molar-refractivity contribution in [1.82, 2.24) is 5.32 Å². The predicted molar refractivity (Wildman–Crippen MR) is 73.6 cm³/mol. The van der Waals surface area contributed by atoms with Crippen LogP contribution in [-0.2, 0) is 0 Å². The van der Waals surface area contributed by atoms with Gasteiger partial charge in [0.05, 0.1) is 4.88 Å². The second kappa shape index (κ2) is 5.77. The van der Waals surface area contributed by atoms with Crippen LogP contribution in [0.3, 0.4) is 0 Å². The first-order valence-corrected chi connectivity index (χ1v) is 7.46. The van der Waals surface area contributed by atoms with Crippen molar-refractivity contribution >= 4 is 44.5 Å². The normalized spacial score (nSPS) is 12.4. The third-order valence-electron chi connectivity index (χ3n) is 2.12. The average molecular weight is 332 g/mol. The Kier molecular flexibility index (Phi) is 4.33. The lowest BCUT2D eigenvalue weighted by atomic mass is 10.3. The van der Waals surface area contributed by atoms with Crippen LogP contribution >= 0.6 is 38.6 Å². The molecule has 2 rings (SSSR count). The summed E-state index contributed by atoms with van der Waals surface area (Å²) in [4.78, 5) is 13.2. The number of aliphatic hydroxyl groups excluding tert-OH is 1. The Balaban J connectivity index is 1.88. The number of halogens is 1. The Morgan fingerprint density at radius 1 is 1.53 bits per heavy atom. The molecule has 17 heavy (non-hydrogen) atoms. The number of hydrogen-bond acceptors (Lipinski definition) is 4. The molecule has 0 radical (unpaired) electrons. The van der Waals surface area contributed by atoms with Gasteiger partial charge >= 0.3 is 0 Å². The van der Waals surface area contributed by atoms with Crippen LogP contribution in [0.4, 0.5) is 0 Å². The number of carbonyl (C=O) groups is 1. The summed E-state index contributed by atoms with van der Waals surface area (Å²) >= 11 is 6.14. The minimum atomic E-state index is -0.637. The SMILES string of the molecule is O=C(NC[C@@H](O)c1cccs1)c1cc(Br)cs1. The highest BCUT2D eigenvalue weighted by Gasteiger charge is 2.12. The van der Waals surface area contributed by atoms with Gasteiger partial charge < -0.3 is 10.4 Å². The van der Waals surface area contributed by atoms with Crippen molar-refractivity contribution in [2.45, 2.75) is 6.10 Å². The summed E-state index contributed by atoms with van der Waals surface area (Å²) in [7, 11) is 0. The molecule has 0 aliphatic rings. The Labute approximate surface area is 115 Å². The molecule has 0 spiro atoms.